The van der Waals surface area contributed by atoms with Crippen molar-refractivity contribution in [3.05, 3.63) is 11.6 Å². The van der Waals surface area contributed by atoms with Gasteiger partial charge in [-0.2, -0.15) is 0 Å². The summed E-state index contributed by atoms with van der Waals surface area (Å²) in [7, 11) is 1.72. The van der Waals surface area contributed by atoms with Gasteiger partial charge in [-0.3, -0.25) is 0 Å². The first-order valence-electron chi connectivity index (χ1n) is 5.61. The average molecular weight is 246 g/mol. The zero-order chi connectivity index (χ0) is 12.1. The standard InChI is InChI=1S/C11H20ClN3O/c1-8(2)15-10(6-5-9(3)16-4)13-14-11(15)7-12/h8-9H,5-7H2,1-4H3. The molecule has 1 aromatic rings. The monoisotopic (exact) mass is 245 g/mol. The topological polar surface area (TPSA) is 39.9 Å². The van der Waals surface area contributed by atoms with E-state index in [1.54, 1.807) is 7.11 Å². The van der Waals surface area contributed by atoms with Gasteiger partial charge in [0.15, 0.2) is 0 Å². The summed E-state index contributed by atoms with van der Waals surface area (Å²) in [4.78, 5) is 0. The van der Waals surface area contributed by atoms with E-state index in [9.17, 15) is 0 Å². The molecule has 0 spiro atoms. The number of hydrogen-bond acceptors (Lipinski definition) is 3. The van der Waals surface area contributed by atoms with E-state index in [2.05, 4.69) is 35.5 Å². The van der Waals surface area contributed by atoms with Crippen molar-refractivity contribution in [3.8, 4) is 0 Å². The summed E-state index contributed by atoms with van der Waals surface area (Å²) in [6.45, 7) is 6.28. The molecule has 0 saturated heterocycles. The van der Waals surface area contributed by atoms with E-state index in [1.165, 1.54) is 0 Å². The van der Waals surface area contributed by atoms with Gasteiger partial charge in [-0.15, -0.1) is 21.8 Å². The quantitative estimate of drug-likeness (QED) is 0.724. The van der Waals surface area contributed by atoms with Crippen molar-refractivity contribution in [1.29, 1.82) is 0 Å². The fraction of sp³-hybridized carbons (Fsp3) is 0.818. The van der Waals surface area contributed by atoms with Gasteiger partial charge in [0.2, 0.25) is 0 Å². The molecule has 1 heterocycles. The van der Waals surface area contributed by atoms with Gasteiger partial charge in [0.05, 0.1) is 12.0 Å². The van der Waals surface area contributed by atoms with Gasteiger partial charge in [0.1, 0.15) is 11.6 Å². The zero-order valence-corrected chi connectivity index (χ0v) is 11.2. The molecule has 4 nitrogen and oxygen atoms in total. The second kappa shape index (κ2) is 6.21. The Labute approximate surface area is 102 Å². The van der Waals surface area contributed by atoms with Crippen LogP contribution in [0.5, 0.6) is 0 Å². The second-order valence-corrected chi connectivity index (χ2v) is 4.48. The Morgan fingerprint density at radius 3 is 2.38 bits per heavy atom. The van der Waals surface area contributed by atoms with Crippen molar-refractivity contribution in [2.45, 2.75) is 51.6 Å². The first-order chi connectivity index (χ1) is 7.60. The fourth-order valence-corrected chi connectivity index (χ4v) is 1.85. The SMILES string of the molecule is COC(C)CCc1nnc(CCl)n1C(C)C. The lowest BCUT2D eigenvalue weighted by Gasteiger charge is -2.14. The number of aromatic nitrogens is 3. The van der Waals surface area contributed by atoms with Gasteiger partial charge in [0.25, 0.3) is 0 Å². The predicted molar refractivity (Wildman–Crippen MR) is 64.8 cm³/mol. The maximum Gasteiger partial charge on any atom is 0.148 e. The van der Waals surface area contributed by atoms with Gasteiger partial charge < -0.3 is 9.30 Å². The van der Waals surface area contributed by atoms with Crippen LogP contribution in [0.15, 0.2) is 0 Å². The molecule has 0 amide bonds. The Hall–Kier alpha value is -0.610. The largest absolute Gasteiger partial charge is 0.382 e. The molecular formula is C11H20ClN3O. The van der Waals surface area contributed by atoms with E-state index in [0.717, 1.165) is 24.5 Å². The Balaban J connectivity index is 2.75. The minimum atomic E-state index is 0.247. The molecule has 0 aliphatic rings. The normalized spacial score (nSPS) is 13.4. The number of methoxy groups -OCH3 is 1. The van der Waals surface area contributed by atoms with Crippen molar-refractivity contribution >= 4 is 11.6 Å². The molecule has 92 valence electrons. The van der Waals surface area contributed by atoms with Gasteiger partial charge in [-0.05, 0) is 27.2 Å². The summed E-state index contributed by atoms with van der Waals surface area (Å²) in [5.41, 5.74) is 0. The Bertz CT molecular complexity index is 325. The number of rotatable bonds is 6. The summed E-state index contributed by atoms with van der Waals surface area (Å²) in [6.07, 6.45) is 2.07. The molecule has 0 fully saturated rings. The first kappa shape index (κ1) is 13.5. The second-order valence-electron chi connectivity index (χ2n) is 4.21. The molecule has 0 bridgehead atoms. The summed E-state index contributed by atoms with van der Waals surface area (Å²) < 4.78 is 7.33. The van der Waals surface area contributed by atoms with E-state index in [0.29, 0.717) is 11.9 Å². The molecule has 5 heteroatoms. The molecule has 0 radical (unpaired) electrons. The molecule has 16 heavy (non-hydrogen) atoms. The average Bonchev–Trinajstić information content (AvgIpc) is 2.68. The summed E-state index contributed by atoms with van der Waals surface area (Å²) in [6, 6.07) is 0.344. The van der Waals surface area contributed by atoms with E-state index in [-0.39, 0.29) is 6.10 Å². The first-order valence-corrected chi connectivity index (χ1v) is 6.15. The molecule has 1 atom stereocenters. The molecule has 0 saturated carbocycles. The summed E-state index contributed by atoms with van der Waals surface area (Å²) >= 11 is 5.83. The lowest BCUT2D eigenvalue weighted by molar-refractivity contribution is 0.110. The van der Waals surface area contributed by atoms with E-state index in [1.807, 2.05) is 0 Å². The number of hydrogen-bond donors (Lipinski definition) is 0. The number of alkyl halides is 1. The van der Waals surface area contributed by atoms with Crippen LogP contribution in [0.1, 0.15) is 44.9 Å². The van der Waals surface area contributed by atoms with Crippen LogP contribution in [0.25, 0.3) is 0 Å². The van der Waals surface area contributed by atoms with E-state index >= 15 is 0 Å². The smallest absolute Gasteiger partial charge is 0.148 e. The van der Waals surface area contributed by atoms with Crippen LogP contribution in [-0.2, 0) is 17.0 Å². The number of ether oxygens (including phenoxy) is 1. The highest BCUT2D eigenvalue weighted by Crippen LogP contribution is 2.15. The van der Waals surface area contributed by atoms with Crippen LogP contribution in [-0.4, -0.2) is 28.0 Å². The molecule has 1 aromatic heterocycles. The highest BCUT2D eigenvalue weighted by Gasteiger charge is 2.14. The number of aryl methyl sites for hydroxylation is 1. The third-order valence-corrected chi connectivity index (χ3v) is 2.89. The highest BCUT2D eigenvalue weighted by atomic mass is 35.5. The third kappa shape index (κ3) is 3.19. The van der Waals surface area contributed by atoms with Crippen molar-refractivity contribution in [2.75, 3.05) is 7.11 Å². The van der Waals surface area contributed by atoms with Crippen LogP contribution < -0.4 is 0 Å². The van der Waals surface area contributed by atoms with Crippen LogP contribution in [0, 0.1) is 0 Å². The highest BCUT2D eigenvalue weighted by molar-refractivity contribution is 6.16. The number of nitrogens with zero attached hydrogens (tertiary/aromatic N) is 3. The lowest BCUT2D eigenvalue weighted by Crippen LogP contribution is -2.12. The van der Waals surface area contributed by atoms with Gasteiger partial charge in [-0.1, -0.05) is 0 Å². The summed E-state index contributed by atoms with van der Waals surface area (Å²) in [5.74, 6) is 2.25. The molecule has 0 aliphatic heterocycles. The van der Waals surface area contributed by atoms with Crippen LogP contribution >= 0.6 is 11.6 Å². The Kier molecular flexibility index (Phi) is 5.22. The van der Waals surface area contributed by atoms with Gasteiger partial charge in [-0.25, -0.2) is 0 Å². The third-order valence-electron chi connectivity index (χ3n) is 2.65. The Morgan fingerprint density at radius 2 is 1.88 bits per heavy atom. The molecule has 1 unspecified atom stereocenters. The van der Waals surface area contributed by atoms with Crippen molar-refractivity contribution in [2.24, 2.45) is 0 Å². The van der Waals surface area contributed by atoms with Crippen LogP contribution in [0.4, 0.5) is 0 Å². The van der Waals surface area contributed by atoms with E-state index < -0.39 is 0 Å². The van der Waals surface area contributed by atoms with Gasteiger partial charge >= 0.3 is 0 Å². The molecular weight excluding hydrogens is 226 g/mol. The number of halogens is 1. The molecule has 0 aromatic carbocycles. The minimum absolute atomic E-state index is 0.247. The fourth-order valence-electron chi connectivity index (χ4n) is 1.67. The van der Waals surface area contributed by atoms with Crippen molar-refractivity contribution < 1.29 is 4.74 Å². The molecule has 0 N–H and O–H groups in total. The van der Waals surface area contributed by atoms with Gasteiger partial charge in [0, 0.05) is 19.6 Å². The maximum absolute atomic E-state index is 5.83. The Morgan fingerprint density at radius 1 is 1.25 bits per heavy atom. The van der Waals surface area contributed by atoms with Crippen molar-refractivity contribution in [1.82, 2.24) is 14.8 Å². The lowest BCUT2D eigenvalue weighted by atomic mass is 10.2. The minimum Gasteiger partial charge on any atom is -0.382 e. The van der Waals surface area contributed by atoms with Crippen LogP contribution in [0.2, 0.25) is 0 Å². The maximum atomic E-state index is 5.83. The van der Waals surface area contributed by atoms with Crippen LogP contribution in [0.3, 0.4) is 0 Å². The summed E-state index contributed by atoms with van der Waals surface area (Å²) in [5, 5.41) is 8.29. The van der Waals surface area contributed by atoms with Crippen molar-refractivity contribution in [3.63, 3.8) is 0 Å². The molecule has 0 aliphatic carbocycles. The van der Waals surface area contributed by atoms with E-state index in [4.69, 9.17) is 16.3 Å². The predicted octanol–water partition coefficient (Wildman–Crippen LogP) is 2.57. The zero-order valence-electron chi connectivity index (χ0n) is 10.4. The molecule has 1 rings (SSSR count).